The van der Waals surface area contributed by atoms with Crippen LogP contribution in [0, 0.1) is 7.14 Å². The van der Waals surface area contributed by atoms with Crippen LogP contribution in [-0.4, -0.2) is 15.6 Å². The highest BCUT2D eigenvalue weighted by Gasteiger charge is 2.21. The van der Waals surface area contributed by atoms with Crippen LogP contribution in [0.1, 0.15) is 11.6 Å². The Balaban J connectivity index is 2.58. The zero-order valence-electron chi connectivity index (χ0n) is 9.59. The number of halogens is 2. The first kappa shape index (κ1) is 14.5. The monoisotopic (exact) mass is 481 g/mol. The van der Waals surface area contributed by atoms with Crippen LogP contribution in [0.3, 0.4) is 0 Å². The zero-order valence-corrected chi connectivity index (χ0v) is 13.9. The van der Waals surface area contributed by atoms with Crippen molar-refractivity contribution in [1.29, 1.82) is 0 Å². The second-order valence-corrected chi connectivity index (χ2v) is 6.21. The van der Waals surface area contributed by atoms with Crippen LogP contribution >= 0.6 is 45.2 Å². The average Bonchev–Trinajstić information content (AvgIpc) is 2.37. The summed E-state index contributed by atoms with van der Waals surface area (Å²) in [6, 6.07) is 8.12. The van der Waals surface area contributed by atoms with E-state index in [9.17, 15) is 14.7 Å². The van der Waals surface area contributed by atoms with Crippen molar-refractivity contribution in [1.82, 2.24) is 4.57 Å². The normalized spacial score (nSPS) is 12.1. The smallest absolute Gasteiger partial charge is 0.331 e. The summed E-state index contributed by atoms with van der Waals surface area (Å²) in [7, 11) is 0. The number of hydrogen-bond acceptors (Lipinski definition) is 2. The fourth-order valence-corrected chi connectivity index (χ4v) is 3.50. The van der Waals surface area contributed by atoms with Crippen molar-refractivity contribution in [2.75, 3.05) is 0 Å². The quantitative estimate of drug-likeness (QED) is 0.687. The van der Waals surface area contributed by atoms with Gasteiger partial charge in [0, 0.05) is 12.4 Å². The van der Waals surface area contributed by atoms with E-state index in [1.54, 1.807) is 41.2 Å². The molecule has 0 spiro atoms. The molecule has 98 valence electrons. The number of aromatic nitrogens is 1. The number of aliphatic carboxylic acids is 1. The maximum Gasteiger partial charge on any atom is 0.331 e. The second kappa shape index (κ2) is 6.04. The van der Waals surface area contributed by atoms with E-state index in [2.05, 4.69) is 0 Å². The molecule has 6 heteroatoms. The third-order valence-corrected chi connectivity index (χ3v) is 4.14. The number of nitrogens with zero attached hydrogens (tertiary/aromatic N) is 1. The lowest BCUT2D eigenvalue weighted by Gasteiger charge is -2.17. The van der Waals surface area contributed by atoms with Gasteiger partial charge in [-0.15, -0.1) is 0 Å². The molecule has 0 amide bonds. The number of benzene rings is 1. The van der Waals surface area contributed by atoms with E-state index in [0.29, 0.717) is 12.7 Å². The molecular weight excluding hydrogens is 472 g/mol. The van der Waals surface area contributed by atoms with Gasteiger partial charge in [0.15, 0.2) is 6.04 Å². The van der Waals surface area contributed by atoms with Crippen LogP contribution in [0.5, 0.6) is 0 Å². The minimum atomic E-state index is -0.957. The number of carbonyl (C=O) groups is 1. The van der Waals surface area contributed by atoms with Crippen LogP contribution in [-0.2, 0) is 4.79 Å². The van der Waals surface area contributed by atoms with Gasteiger partial charge < -0.3 is 9.67 Å². The Morgan fingerprint density at radius 1 is 1.11 bits per heavy atom. The molecule has 0 saturated carbocycles. The summed E-state index contributed by atoms with van der Waals surface area (Å²) in [5, 5.41) is 9.43. The van der Waals surface area contributed by atoms with Crippen molar-refractivity contribution in [3.05, 3.63) is 65.7 Å². The molecule has 1 N–H and O–H groups in total. The van der Waals surface area contributed by atoms with Gasteiger partial charge in [-0.1, -0.05) is 30.3 Å². The van der Waals surface area contributed by atoms with E-state index in [1.165, 1.54) is 0 Å². The molecule has 4 nitrogen and oxygen atoms in total. The summed E-state index contributed by atoms with van der Waals surface area (Å²) < 4.78 is 2.57. The molecule has 0 bridgehead atoms. The fraction of sp³-hybridized carbons (Fsp3) is 0.0769. The Hall–Kier alpha value is -0.900. The van der Waals surface area contributed by atoms with Crippen molar-refractivity contribution < 1.29 is 9.90 Å². The molecule has 0 aliphatic heterocycles. The lowest BCUT2D eigenvalue weighted by Crippen LogP contribution is -2.23. The summed E-state index contributed by atoms with van der Waals surface area (Å²) in [5.74, 6) is -0.957. The van der Waals surface area contributed by atoms with Gasteiger partial charge >= 0.3 is 5.97 Å². The summed E-state index contributed by atoms with van der Waals surface area (Å²) in [5.41, 5.74) is 0.597. The van der Waals surface area contributed by atoms with Crippen LogP contribution in [0.15, 0.2) is 47.5 Å². The summed E-state index contributed by atoms with van der Waals surface area (Å²) >= 11 is 3.84. The third kappa shape index (κ3) is 3.16. The number of rotatable bonds is 3. The van der Waals surface area contributed by atoms with Crippen LogP contribution < -0.4 is 5.43 Å². The zero-order chi connectivity index (χ0) is 14.0. The number of hydrogen-bond donors (Lipinski definition) is 1. The molecule has 0 saturated heterocycles. The van der Waals surface area contributed by atoms with Gasteiger partial charge in [0.1, 0.15) is 0 Å². The Labute approximate surface area is 136 Å². The molecule has 2 aromatic rings. The molecule has 0 aliphatic carbocycles. The van der Waals surface area contributed by atoms with Crippen molar-refractivity contribution in [2.24, 2.45) is 0 Å². The molecule has 1 unspecified atom stereocenters. The van der Waals surface area contributed by atoms with Gasteiger partial charge in [0.05, 0.1) is 7.14 Å². The minimum Gasteiger partial charge on any atom is -0.479 e. The Bertz CT molecular complexity index is 641. The molecule has 1 atom stereocenters. The number of carboxylic acids is 1. The van der Waals surface area contributed by atoms with Crippen molar-refractivity contribution >= 4 is 51.2 Å². The first-order valence-electron chi connectivity index (χ1n) is 5.35. The van der Waals surface area contributed by atoms with E-state index in [1.807, 2.05) is 51.2 Å². The lowest BCUT2D eigenvalue weighted by atomic mass is 10.1. The molecule has 2 rings (SSSR count). The summed E-state index contributed by atoms with van der Waals surface area (Å²) in [6.07, 6.45) is 3.13. The Morgan fingerprint density at radius 3 is 2.11 bits per heavy atom. The molecule has 0 aliphatic rings. The van der Waals surface area contributed by atoms with E-state index < -0.39 is 12.0 Å². The predicted molar refractivity (Wildman–Crippen MR) is 88.4 cm³/mol. The molecule has 1 aromatic carbocycles. The lowest BCUT2D eigenvalue weighted by molar-refractivity contribution is -0.139. The van der Waals surface area contributed by atoms with E-state index >= 15 is 0 Å². The van der Waals surface area contributed by atoms with Gasteiger partial charge in [0.25, 0.3) is 0 Å². The van der Waals surface area contributed by atoms with Gasteiger partial charge in [0.2, 0.25) is 5.43 Å². The Kier molecular flexibility index (Phi) is 4.61. The van der Waals surface area contributed by atoms with Crippen molar-refractivity contribution in [2.45, 2.75) is 6.04 Å². The first-order valence-corrected chi connectivity index (χ1v) is 7.51. The van der Waals surface area contributed by atoms with E-state index in [4.69, 9.17) is 0 Å². The van der Waals surface area contributed by atoms with Gasteiger partial charge in [-0.25, -0.2) is 4.79 Å². The van der Waals surface area contributed by atoms with E-state index in [-0.39, 0.29) is 5.43 Å². The molecular formula is C13H9I2NO3. The molecule has 1 heterocycles. The van der Waals surface area contributed by atoms with Crippen LogP contribution in [0.4, 0.5) is 0 Å². The summed E-state index contributed by atoms with van der Waals surface area (Å²) in [6.45, 7) is 0. The number of carboxylic acid groups (broad SMARTS) is 1. The number of pyridine rings is 1. The van der Waals surface area contributed by atoms with Crippen molar-refractivity contribution in [3.63, 3.8) is 0 Å². The highest BCUT2D eigenvalue weighted by molar-refractivity contribution is 14.1. The van der Waals surface area contributed by atoms with Crippen molar-refractivity contribution in [3.8, 4) is 0 Å². The van der Waals surface area contributed by atoms with Gasteiger partial charge in [-0.2, -0.15) is 0 Å². The SMILES string of the molecule is O=C(O)C(c1ccccc1)n1cc(I)c(=O)c(I)c1. The molecule has 0 radical (unpaired) electrons. The highest BCUT2D eigenvalue weighted by Crippen LogP contribution is 2.19. The van der Waals surface area contributed by atoms with Crippen LogP contribution in [0.25, 0.3) is 0 Å². The molecule has 19 heavy (non-hydrogen) atoms. The minimum absolute atomic E-state index is 0.0744. The maximum atomic E-state index is 11.7. The topological polar surface area (TPSA) is 59.3 Å². The van der Waals surface area contributed by atoms with Gasteiger partial charge in [-0.3, -0.25) is 4.79 Å². The maximum absolute atomic E-state index is 11.7. The average molecular weight is 481 g/mol. The Morgan fingerprint density at radius 2 is 1.63 bits per heavy atom. The third-order valence-electron chi connectivity index (χ3n) is 2.61. The second-order valence-electron chi connectivity index (χ2n) is 3.88. The standard InChI is InChI=1S/C13H9I2NO3/c14-9-6-16(7-10(15)12(9)17)11(13(18)19)8-4-2-1-3-5-8/h1-7,11H,(H,18,19). The molecule has 1 aromatic heterocycles. The largest absolute Gasteiger partial charge is 0.479 e. The van der Waals surface area contributed by atoms with Gasteiger partial charge in [-0.05, 0) is 50.7 Å². The fourth-order valence-electron chi connectivity index (χ4n) is 1.76. The molecule has 0 fully saturated rings. The predicted octanol–water partition coefficient (Wildman–Crippen LogP) is 2.73. The first-order chi connectivity index (χ1) is 9.00. The van der Waals surface area contributed by atoms with Crippen LogP contribution in [0.2, 0.25) is 0 Å². The summed E-state index contributed by atoms with van der Waals surface area (Å²) in [4.78, 5) is 23.2. The van der Waals surface area contributed by atoms with E-state index in [0.717, 1.165) is 0 Å². The highest BCUT2D eigenvalue weighted by atomic mass is 127.